The highest BCUT2D eigenvalue weighted by Gasteiger charge is 2.68. The maximum atomic E-state index is 14.6. The van der Waals surface area contributed by atoms with E-state index in [0.29, 0.717) is 94.6 Å². The van der Waals surface area contributed by atoms with E-state index in [4.69, 9.17) is 19.2 Å². The number of amides is 1. The number of piperazine rings is 1. The molecule has 6 aliphatic rings. The molecule has 16 nitrogen and oxygen atoms in total. The van der Waals surface area contributed by atoms with E-state index in [9.17, 15) is 36.5 Å². The highest BCUT2D eigenvalue weighted by molar-refractivity contribution is 7.90. The van der Waals surface area contributed by atoms with Crippen LogP contribution in [0.3, 0.4) is 0 Å². The van der Waals surface area contributed by atoms with Crippen LogP contribution in [-0.2, 0) is 19.5 Å². The van der Waals surface area contributed by atoms with E-state index in [2.05, 4.69) is 38.7 Å². The summed E-state index contributed by atoms with van der Waals surface area (Å²) in [5, 5.41) is 16.0. The third-order valence-electron chi connectivity index (χ3n) is 17.0. The number of benzene rings is 2. The Morgan fingerprint density at radius 1 is 0.958 bits per heavy atom. The van der Waals surface area contributed by atoms with E-state index >= 15 is 0 Å². The first kappa shape index (κ1) is 50.1. The summed E-state index contributed by atoms with van der Waals surface area (Å²) in [5.41, 5.74) is 2.41. The lowest BCUT2D eigenvalue weighted by Crippen LogP contribution is -2.47. The number of nitro groups is 1. The number of fused-ring (bicyclic) bond motifs is 4. The molecule has 388 valence electrons. The van der Waals surface area contributed by atoms with Crippen LogP contribution in [0.5, 0.6) is 5.88 Å². The van der Waals surface area contributed by atoms with Gasteiger partial charge in [-0.25, -0.2) is 13.1 Å². The van der Waals surface area contributed by atoms with Crippen molar-refractivity contribution < 1.29 is 45.5 Å². The number of carbonyl (C=O) groups excluding carboxylic acids is 1. The van der Waals surface area contributed by atoms with Gasteiger partial charge in [-0.15, -0.1) is 0 Å². The number of rotatable bonds is 13. The summed E-state index contributed by atoms with van der Waals surface area (Å²) >= 11 is 0. The lowest BCUT2D eigenvalue weighted by molar-refractivity contribution is -0.384. The van der Waals surface area contributed by atoms with Gasteiger partial charge in [0.05, 0.1) is 59.0 Å². The van der Waals surface area contributed by atoms with E-state index in [1.54, 1.807) is 12.3 Å². The zero-order valence-electron chi connectivity index (χ0n) is 41.5. The summed E-state index contributed by atoms with van der Waals surface area (Å²) in [4.78, 5) is 40.0. The van der Waals surface area contributed by atoms with Crippen LogP contribution in [0.1, 0.15) is 95.8 Å². The molecule has 20 heteroatoms. The van der Waals surface area contributed by atoms with Gasteiger partial charge in [0.2, 0.25) is 5.88 Å². The Morgan fingerprint density at radius 3 is 2.46 bits per heavy atom. The molecule has 1 amide bonds. The molecule has 72 heavy (non-hydrogen) atoms. The lowest BCUT2D eigenvalue weighted by atomic mass is 9.63. The number of aromatic nitrogens is 2. The second-order valence-electron chi connectivity index (χ2n) is 22.1. The van der Waals surface area contributed by atoms with Crippen molar-refractivity contribution >= 4 is 55.4 Å². The molecule has 3 N–H and O–H groups in total. The van der Waals surface area contributed by atoms with E-state index in [1.165, 1.54) is 37.1 Å². The van der Waals surface area contributed by atoms with Crippen LogP contribution in [-0.4, -0.2) is 119 Å². The molecule has 0 radical (unpaired) electrons. The Labute approximate surface area is 418 Å². The molecule has 0 spiro atoms. The van der Waals surface area contributed by atoms with Gasteiger partial charge < -0.3 is 34.3 Å². The highest BCUT2D eigenvalue weighted by Crippen LogP contribution is 2.74. The van der Waals surface area contributed by atoms with Crippen LogP contribution in [0.2, 0.25) is 0 Å². The fourth-order valence-corrected chi connectivity index (χ4v) is 13.5. The molecule has 4 fully saturated rings. The van der Waals surface area contributed by atoms with Crippen LogP contribution in [0, 0.1) is 31.8 Å². The number of H-pyrrole nitrogens is 1. The smallest absolute Gasteiger partial charge is 0.394 e. The van der Waals surface area contributed by atoms with Gasteiger partial charge in [0.15, 0.2) is 0 Å². The van der Waals surface area contributed by atoms with Crippen LogP contribution in [0.25, 0.3) is 11.0 Å². The van der Waals surface area contributed by atoms with Crippen LogP contribution >= 0.6 is 0 Å². The molecule has 2 saturated carbocycles. The van der Waals surface area contributed by atoms with E-state index in [0.717, 1.165) is 68.9 Å². The second kappa shape index (κ2) is 18.8. The first-order valence-electron chi connectivity index (χ1n) is 25.2. The molecule has 10 rings (SSSR count). The number of nitrogens with one attached hydrogen (secondary N) is 3. The van der Waals surface area contributed by atoms with Gasteiger partial charge in [0.1, 0.15) is 17.0 Å². The van der Waals surface area contributed by atoms with Crippen LogP contribution < -0.4 is 24.6 Å². The van der Waals surface area contributed by atoms with Crippen molar-refractivity contribution in [1.82, 2.24) is 19.6 Å². The van der Waals surface area contributed by atoms with Crippen LogP contribution in [0.15, 0.2) is 70.8 Å². The van der Waals surface area contributed by atoms with E-state index in [-0.39, 0.29) is 34.7 Å². The summed E-state index contributed by atoms with van der Waals surface area (Å²) in [6, 6.07) is 12.6. The summed E-state index contributed by atoms with van der Waals surface area (Å²) in [6.07, 6.45) is 4.10. The summed E-state index contributed by atoms with van der Waals surface area (Å²) in [7, 11) is -4.64. The maximum absolute atomic E-state index is 14.6. The maximum Gasteiger partial charge on any atom is 0.394 e. The number of hydrogen-bond donors (Lipinski definition) is 3. The monoisotopic (exact) mass is 1020 g/mol. The largest absolute Gasteiger partial charge is 0.476 e. The van der Waals surface area contributed by atoms with Crippen molar-refractivity contribution in [2.24, 2.45) is 21.7 Å². The molecule has 1 atom stereocenters. The van der Waals surface area contributed by atoms with Crippen molar-refractivity contribution in [2.75, 3.05) is 87.4 Å². The minimum absolute atomic E-state index is 0.0611. The Balaban J connectivity index is 0.909. The first-order chi connectivity index (χ1) is 34.2. The van der Waals surface area contributed by atoms with E-state index < -0.39 is 48.4 Å². The number of anilines is 4. The van der Waals surface area contributed by atoms with Crippen molar-refractivity contribution in [1.29, 1.82) is 0 Å². The van der Waals surface area contributed by atoms with Crippen molar-refractivity contribution in [2.45, 2.75) is 103 Å². The molecule has 2 aromatic heterocycles. The predicted octanol–water partition coefficient (Wildman–Crippen LogP) is 9.51. The van der Waals surface area contributed by atoms with Crippen molar-refractivity contribution in [3.8, 4) is 5.88 Å². The Hall–Kier alpha value is -5.44. The molecule has 5 heterocycles. The standard InChI is InChI=1S/C52H65F3N8O8S/c1-48(2)12-10-35(40(29-48)50-13-15-51(33-50,16-14-50)49(3,4)52(53,54)55)31-60-19-21-61(22-20-60)36-6-8-39(42(27-36)62-18-5-23-71-47-44(62)26-34-11-17-56-45(34)58-47)46(64)59-72(67,68)38-7-9-41(43(28-38)63(65)66)57-30-37-32-69-24-25-70-37/h6-9,11,17,26-28,37,57H,5,10,12-16,18-25,29-33H2,1-4H3,(H,56,58)(H,59,64)/t37-,50?,51?/m0/s1. The molecule has 3 aliphatic carbocycles. The molecular weight excluding hydrogens is 954 g/mol. The number of aromatic amines is 1. The quantitative estimate of drug-likeness (QED) is 0.0654. The highest BCUT2D eigenvalue weighted by atomic mass is 32.2. The Kier molecular flexibility index (Phi) is 13.1. The van der Waals surface area contributed by atoms with Gasteiger partial charge in [-0.05, 0) is 116 Å². The van der Waals surface area contributed by atoms with Gasteiger partial charge in [-0.3, -0.25) is 19.8 Å². The number of ether oxygens (including phenoxy) is 3. The number of nitro benzene ring substituents is 1. The topological polar surface area (TPSA) is 185 Å². The molecular formula is C52H65F3N8O8S. The summed E-state index contributed by atoms with van der Waals surface area (Å²) in [6.45, 7) is 13.2. The third kappa shape index (κ3) is 9.40. The average molecular weight is 1020 g/mol. The molecule has 2 saturated heterocycles. The number of sulfonamides is 1. The van der Waals surface area contributed by atoms with Crippen molar-refractivity contribution in [3.05, 3.63) is 81.6 Å². The SMILES string of the molecule is CC1(C)CCC(CN2CCN(c3ccc(C(=O)NS(=O)(=O)c4ccc(NC[C@H]5COCCO5)c([N+](=O)[O-])c4)c(N4CCCOc5nc6[nH]ccc6cc54)c3)CC2)=C(C23CCC(C(C)(C)C(F)(F)F)(CC2)C3)C1. The predicted molar refractivity (Wildman–Crippen MR) is 268 cm³/mol. The Bertz CT molecular complexity index is 2880. The Morgan fingerprint density at radius 2 is 1.74 bits per heavy atom. The van der Waals surface area contributed by atoms with E-state index in [1.807, 2.05) is 29.2 Å². The van der Waals surface area contributed by atoms with Crippen molar-refractivity contribution in [3.63, 3.8) is 0 Å². The number of halogens is 3. The minimum atomic E-state index is -4.64. The number of alkyl halides is 3. The third-order valence-corrected chi connectivity index (χ3v) is 18.3. The number of hydrogen-bond acceptors (Lipinski definition) is 13. The van der Waals surface area contributed by atoms with Gasteiger partial charge in [0.25, 0.3) is 21.6 Å². The molecule has 2 bridgehead atoms. The molecule has 2 aromatic carbocycles. The zero-order valence-corrected chi connectivity index (χ0v) is 42.3. The zero-order chi connectivity index (χ0) is 50.8. The van der Waals surface area contributed by atoms with Crippen LogP contribution in [0.4, 0.5) is 41.6 Å². The van der Waals surface area contributed by atoms with Gasteiger partial charge in [-0.1, -0.05) is 38.8 Å². The number of allylic oxidation sites excluding steroid dienone is 1. The summed E-state index contributed by atoms with van der Waals surface area (Å²) in [5.74, 6) is -0.570. The van der Waals surface area contributed by atoms with Gasteiger partial charge in [0, 0.05) is 69.2 Å². The summed E-state index contributed by atoms with van der Waals surface area (Å²) < 4.78 is 91.1. The lowest BCUT2D eigenvalue weighted by Gasteiger charge is -2.44. The molecule has 0 unspecified atom stereocenters. The minimum Gasteiger partial charge on any atom is -0.476 e. The average Bonchev–Trinajstić information content (AvgIpc) is 4.06. The van der Waals surface area contributed by atoms with Gasteiger partial charge >= 0.3 is 6.18 Å². The normalized spacial score (nSPS) is 25.0. The number of nitrogens with zero attached hydrogens (tertiary/aromatic N) is 5. The fourth-order valence-electron chi connectivity index (χ4n) is 12.5. The number of carbonyl (C=O) groups is 1. The fraction of sp³-hybridized carbons (Fsp3) is 0.577. The molecule has 3 aliphatic heterocycles. The second-order valence-corrected chi connectivity index (χ2v) is 23.8. The first-order valence-corrected chi connectivity index (χ1v) is 26.7. The molecule has 4 aromatic rings. The van der Waals surface area contributed by atoms with Gasteiger partial charge in [-0.2, -0.15) is 18.2 Å². The number of pyridine rings is 1.